The van der Waals surface area contributed by atoms with Crippen LogP contribution in [0.2, 0.25) is 0 Å². The predicted octanol–water partition coefficient (Wildman–Crippen LogP) is 5.11. The standard InChI is InChI=1S/C24H18BrFN2O3/c25-17-10-8-15(9-11-17)19-13-20(16-4-3-5-18(26)12-16)28(27-19)24(29)23-14-30-21-6-1-2-7-22(21)31-23/h1-12,20,23H,13-14H2. The van der Waals surface area contributed by atoms with Crippen LogP contribution in [-0.4, -0.2) is 29.3 Å². The molecule has 0 saturated heterocycles. The number of para-hydroxylation sites is 2. The van der Waals surface area contributed by atoms with Crippen LogP contribution in [0.15, 0.2) is 82.4 Å². The lowest BCUT2D eigenvalue weighted by Crippen LogP contribution is -2.44. The monoisotopic (exact) mass is 480 g/mol. The van der Waals surface area contributed by atoms with E-state index in [4.69, 9.17) is 9.47 Å². The van der Waals surface area contributed by atoms with Crippen LogP contribution in [0.25, 0.3) is 0 Å². The molecule has 7 heteroatoms. The molecule has 0 N–H and O–H groups in total. The Hall–Kier alpha value is -3.19. The van der Waals surface area contributed by atoms with Crippen molar-refractivity contribution < 1.29 is 18.7 Å². The maximum atomic E-state index is 13.9. The van der Waals surface area contributed by atoms with Gasteiger partial charge in [-0.05, 0) is 47.5 Å². The number of ether oxygens (including phenoxy) is 2. The second-order valence-corrected chi connectivity index (χ2v) is 8.29. The molecule has 0 saturated carbocycles. The number of nitrogens with zero attached hydrogens (tertiary/aromatic N) is 2. The quantitative estimate of drug-likeness (QED) is 0.523. The van der Waals surface area contributed by atoms with E-state index in [2.05, 4.69) is 21.0 Å². The summed E-state index contributed by atoms with van der Waals surface area (Å²) < 4.78 is 26.5. The third-order valence-electron chi connectivity index (χ3n) is 5.33. The minimum Gasteiger partial charge on any atom is -0.485 e. The molecule has 156 valence electrons. The molecular weight excluding hydrogens is 463 g/mol. The van der Waals surface area contributed by atoms with E-state index < -0.39 is 12.1 Å². The summed E-state index contributed by atoms with van der Waals surface area (Å²) >= 11 is 3.43. The van der Waals surface area contributed by atoms with Crippen LogP contribution in [0.5, 0.6) is 11.5 Å². The van der Waals surface area contributed by atoms with Crippen molar-refractivity contribution in [2.45, 2.75) is 18.6 Å². The molecule has 2 unspecified atom stereocenters. The molecule has 2 atom stereocenters. The highest BCUT2D eigenvalue weighted by atomic mass is 79.9. The highest BCUT2D eigenvalue weighted by Gasteiger charge is 2.39. The zero-order chi connectivity index (χ0) is 21.4. The first-order chi connectivity index (χ1) is 15.1. The van der Waals surface area contributed by atoms with Crippen LogP contribution in [0.4, 0.5) is 4.39 Å². The van der Waals surface area contributed by atoms with Crippen molar-refractivity contribution in [1.29, 1.82) is 0 Å². The van der Waals surface area contributed by atoms with Gasteiger partial charge < -0.3 is 9.47 Å². The number of hydrogen-bond donors (Lipinski definition) is 0. The van der Waals surface area contributed by atoms with Crippen LogP contribution in [-0.2, 0) is 4.79 Å². The zero-order valence-corrected chi connectivity index (χ0v) is 18.0. The van der Waals surface area contributed by atoms with Gasteiger partial charge in [-0.15, -0.1) is 0 Å². The zero-order valence-electron chi connectivity index (χ0n) is 16.4. The molecule has 3 aromatic rings. The van der Waals surface area contributed by atoms with Crippen LogP contribution in [0, 0.1) is 5.82 Å². The van der Waals surface area contributed by atoms with Crippen molar-refractivity contribution in [2.24, 2.45) is 5.10 Å². The van der Waals surface area contributed by atoms with Crippen molar-refractivity contribution >= 4 is 27.5 Å². The average molecular weight is 481 g/mol. The second-order valence-electron chi connectivity index (χ2n) is 7.38. The summed E-state index contributed by atoms with van der Waals surface area (Å²) in [5, 5.41) is 6.04. The Morgan fingerprint density at radius 3 is 2.58 bits per heavy atom. The number of fused-ring (bicyclic) bond motifs is 1. The number of carbonyl (C=O) groups excluding carboxylic acids is 1. The van der Waals surface area contributed by atoms with Crippen molar-refractivity contribution in [2.75, 3.05) is 6.61 Å². The lowest BCUT2D eigenvalue weighted by Gasteiger charge is -2.30. The molecule has 5 nitrogen and oxygen atoms in total. The summed E-state index contributed by atoms with van der Waals surface area (Å²) in [6.45, 7) is 0.0886. The Bertz CT molecular complexity index is 1170. The number of hydrazone groups is 1. The van der Waals surface area contributed by atoms with Gasteiger partial charge in [0.2, 0.25) is 6.10 Å². The molecule has 0 spiro atoms. The number of carbonyl (C=O) groups is 1. The minimum atomic E-state index is -0.834. The largest absolute Gasteiger partial charge is 0.485 e. The molecule has 2 heterocycles. The lowest BCUT2D eigenvalue weighted by atomic mass is 9.98. The molecule has 0 bridgehead atoms. The average Bonchev–Trinajstić information content (AvgIpc) is 3.24. The molecule has 0 aliphatic carbocycles. The van der Waals surface area contributed by atoms with Gasteiger partial charge in [0.25, 0.3) is 5.91 Å². The Balaban J connectivity index is 1.47. The summed E-state index contributed by atoms with van der Waals surface area (Å²) in [6.07, 6.45) is -0.361. The Kier molecular flexibility index (Phi) is 5.19. The third kappa shape index (κ3) is 3.93. The fourth-order valence-electron chi connectivity index (χ4n) is 3.79. The van der Waals surface area contributed by atoms with Crippen molar-refractivity contribution in [1.82, 2.24) is 5.01 Å². The minimum absolute atomic E-state index is 0.0886. The molecule has 0 aromatic heterocycles. The van der Waals surface area contributed by atoms with E-state index in [-0.39, 0.29) is 18.3 Å². The molecule has 1 amide bonds. The number of amides is 1. The molecule has 2 aliphatic rings. The van der Waals surface area contributed by atoms with Gasteiger partial charge in [0.1, 0.15) is 12.4 Å². The van der Waals surface area contributed by atoms with Gasteiger partial charge in [-0.2, -0.15) is 5.10 Å². The summed E-state index contributed by atoms with van der Waals surface area (Å²) in [7, 11) is 0. The molecule has 0 fully saturated rings. The van der Waals surface area contributed by atoms with Crippen molar-refractivity contribution in [3.8, 4) is 11.5 Å². The summed E-state index contributed by atoms with van der Waals surface area (Å²) in [6, 6.07) is 20.8. The maximum absolute atomic E-state index is 13.9. The van der Waals surface area contributed by atoms with Gasteiger partial charge in [0, 0.05) is 10.9 Å². The summed E-state index contributed by atoms with van der Waals surface area (Å²) in [5.74, 6) is 0.448. The van der Waals surface area contributed by atoms with E-state index in [0.29, 0.717) is 23.5 Å². The van der Waals surface area contributed by atoms with E-state index in [1.165, 1.54) is 17.1 Å². The fraction of sp³-hybridized carbons (Fsp3) is 0.167. The normalized spacial score (nSPS) is 19.8. The highest BCUT2D eigenvalue weighted by Crippen LogP contribution is 2.36. The number of halogens is 2. The number of rotatable bonds is 3. The first kappa shape index (κ1) is 19.8. The lowest BCUT2D eigenvalue weighted by molar-refractivity contribution is -0.143. The second kappa shape index (κ2) is 8.15. The van der Waals surface area contributed by atoms with Crippen molar-refractivity contribution in [3.63, 3.8) is 0 Å². The van der Waals surface area contributed by atoms with Gasteiger partial charge in [-0.3, -0.25) is 4.79 Å². The third-order valence-corrected chi connectivity index (χ3v) is 5.86. The van der Waals surface area contributed by atoms with E-state index >= 15 is 0 Å². The van der Waals surface area contributed by atoms with E-state index in [1.807, 2.05) is 42.5 Å². The molecule has 2 aliphatic heterocycles. The maximum Gasteiger partial charge on any atom is 0.287 e. The van der Waals surface area contributed by atoms with E-state index in [9.17, 15) is 9.18 Å². The first-order valence-corrected chi connectivity index (χ1v) is 10.7. The van der Waals surface area contributed by atoms with Gasteiger partial charge in [0.15, 0.2) is 11.5 Å². The topological polar surface area (TPSA) is 51.1 Å². The molecular formula is C24H18BrFN2O3. The van der Waals surface area contributed by atoms with Crippen LogP contribution < -0.4 is 9.47 Å². The van der Waals surface area contributed by atoms with Gasteiger partial charge in [0.05, 0.1) is 11.8 Å². The number of hydrogen-bond acceptors (Lipinski definition) is 4. The number of benzene rings is 3. The van der Waals surface area contributed by atoms with E-state index in [1.54, 1.807) is 18.2 Å². The highest BCUT2D eigenvalue weighted by molar-refractivity contribution is 9.10. The van der Waals surface area contributed by atoms with Gasteiger partial charge in [-0.25, -0.2) is 9.40 Å². The molecule has 0 radical (unpaired) electrons. The first-order valence-electron chi connectivity index (χ1n) is 9.89. The molecule has 3 aromatic carbocycles. The Labute approximate surface area is 187 Å². The summed E-state index contributed by atoms with van der Waals surface area (Å²) in [5.41, 5.74) is 2.35. The van der Waals surface area contributed by atoms with E-state index in [0.717, 1.165) is 15.7 Å². The molecule has 5 rings (SSSR count). The van der Waals surface area contributed by atoms with Crippen LogP contribution >= 0.6 is 15.9 Å². The van der Waals surface area contributed by atoms with Crippen LogP contribution in [0.3, 0.4) is 0 Å². The van der Waals surface area contributed by atoms with Crippen LogP contribution in [0.1, 0.15) is 23.6 Å². The smallest absolute Gasteiger partial charge is 0.287 e. The van der Waals surface area contributed by atoms with Gasteiger partial charge in [-0.1, -0.05) is 52.3 Å². The van der Waals surface area contributed by atoms with Crippen molar-refractivity contribution in [3.05, 3.63) is 94.2 Å². The molecule has 31 heavy (non-hydrogen) atoms. The fourth-order valence-corrected chi connectivity index (χ4v) is 4.06. The Morgan fingerprint density at radius 2 is 1.81 bits per heavy atom. The van der Waals surface area contributed by atoms with Gasteiger partial charge >= 0.3 is 0 Å². The SMILES string of the molecule is O=C(C1COc2ccccc2O1)N1N=C(c2ccc(Br)cc2)CC1c1cccc(F)c1. The predicted molar refractivity (Wildman–Crippen MR) is 118 cm³/mol. The summed E-state index contributed by atoms with van der Waals surface area (Å²) in [4.78, 5) is 13.4. The Morgan fingerprint density at radius 1 is 1.03 bits per heavy atom.